The van der Waals surface area contributed by atoms with Crippen molar-refractivity contribution in [3.05, 3.63) is 44.6 Å². The number of nitrogens with zero attached hydrogens (tertiary/aromatic N) is 3. The van der Waals surface area contributed by atoms with Crippen LogP contribution in [0, 0.1) is 0 Å². The van der Waals surface area contributed by atoms with E-state index in [0.717, 1.165) is 18.4 Å². The summed E-state index contributed by atoms with van der Waals surface area (Å²) in [7, 11) is 1.70. The number of hydrogen-bond donors (Lipinski definition) is 0. The molecule has 0 N–H and O–H groups in total. The van der Waals surface area contributed by atoms with E-state index in [1.54, 1.807) is 23.4 Å². The molecule has 1 aromatic carbocycles. The highest BCUT2D eigenvalue weighted by Gasteiger charge is 2.27. The van der Waals surface area contributed by atoms with Gasteiger partial charge in [-0.2, -0.15) is 0 Å². The lowest BCUT2D eigenvalue weighted by Crippen LogP contribution is -2.46. The first kappa shape index (κ1) is 19.2. The molecule has 1 aliphatic heterocycles. The van der Waals surface area contributed by atoms with Gasteiger partial charge in [-0.25, -0.2) is 9.59 Å². The predicted molar refractivity (Wildman–Crippen MR) is 104 cm³/mol. The molecule has 0 bridgehead atoms. The van der Waals surface area contributed by atoms with E-state index >= 15 is 0 Å². The summed E-state index contributed by atoms with van der Waals surface area (Å²) in [5.74, 6) is 0. The Bertz CT molecular complexity index is 952. The molecule has 146 valence electrons. The van der Waals surface area contributed by atoms with E-state index in [4.69, 9.17) is 4.74 Å². The number of likely N-dealkylation sites (tertiary alicyclic amines) is 1. The van der Waals surface area contributed by atoms with E-state index in [9.17, 15) is 14.4 Å². The molecule has 1 fully saturated rings. The van der Waals surface area contributed by atoms with Crippen molar-refractivity contribution >= 4 is 17.0 Å². The van der Waals surface area contributed by atoms with E-state index in [2.05, 4.69) is 6.92 Å². The zero-order valence-corrected chi connectivity index (χ0v) is 16.2. The number of fused-ring (bicyclic) bond motifs is 1. The minimum Gasteiger partial charge on any atom is -0.450 e. The quantitative estimate of drug-likeness (QED) is 0.825. The van der Waals surface area contributed by atoms with Crippen LogP contribution in [0.2, 0.25) is 0 Å². The molecule has 7 nitrogen and oxygen atoms in total. The summed E-state index contributed by atoms with van der Waals surface area (Å²) in [5, 5.41) is 0.580. The minimum absolute atomic E-state index is 0.207. The second kappa shape index (κ2) is 7.98. The fraction of sp³-hybridized carbons (Fsp3) is 0.550. The summed E-state index contributed by atoms with van der Waals surface area (Å²) in [4.78, 5) is 39.5. The first-order valence-corrected chi connectivity index (χ1v) is 9.63. The monoisotopic (exact) mass is 373 g/mol. The van der Waals surface area contributed by atoms with Gasteiger partial charge in [0.15, 0.2) is 0 Å². The molecule has 3 rings (SSSR count). The number of benzene rings is 1. The lowest BCUT2D eigenvalue weighted by molar-refractivity contribution is 0.0919. The number of carbonyl (C=O) groups is 1. The second-order valence-electron chi connectivity index (χ2n) is 7.04. The first-order valence-electron chi connectivity index (χ1n) is 9.63. The summed E-state index contributed by atoms with van der Waals surface area (Å²) < 4.78 is 7.96. The zero-order chi connectivity index (χ0) is 19.6. The van der Waals surface area contributed by atoms with Gasteiger partial charge in [0.25, 0.3) is 5.56 Å². The Morgan fingerprint density at radius 3 is 2.52 bits per heavy atom. The Morgan fingerprint density at radius 2 is 1.89 bits per heavy atom. The van der Waals surface area contributed by atoms with Gasteiger partial charge in [-0.15, -0.1) is 0 Å². The lowest BCUT2D eigenvalue weighted by atomic mass is 10.0. The van der Waals surface area contributed by atoms with Crippen molar-refractivity contribution in [2.75, 3.05) is 19.7 Å². The van der Waals surface area contributed by atoms with Crippen molar-refractivity contribution in [2.24, 2.45) is 7.05 Å². The van der Waals surface area contributed by atoms with Gasteiger partial charge < -0.3 is 9.64 Å². The van der Waals surface area contributed by atoms with Crippen LogP contribution in [0.3, 0.4) is 0 Å². The highest BCUT2D eigenvalue weighted by atomic mass is 16.6. The van der Waals surface area contributed by atoms with Crippen molar-refractivity contribution in [1.29, 1.82) is 0 Å². The number of aromatic nitrogens is 2. The molecule has 0 saturated carbocycles. The van der Waals surface area contributed by atoms with Gasteiger partial charge in [-0.05, 0) is 43.9 Å². The van der Waals surface area contributed by atoms with E-state index < -0.39 is 0 Å². The number of amides is 1. The van der Waals surface area contributed by atoms with Crippen LogP contribution in [0.25, 0.3) is 10.9 Å². The summed E-state index contributed by atoms with van der Waals surface area (Å²) in [6.07, 6.45) is 2.69. The third-order valence-corrected chi connectivity index (χ3v) is 5.26. The number of aryl methyl sites for hydroxylation is 2. The number of ether oxygens (including phenoxy) is 1. The minimum atomic E-state index is -0.334. The molecule has 1 aliphatic rings. The second-order valence-corrected chi connectivity index (χ2v) is 7.04. The lowest BCUT2D eigenvalue weighted by Gasteiger charge is -2.32. The Morgan fingerprint density at radius 1 is 1.19 bits per heavy atom. The molecule has 27 heavy (non-hydrogen) atoms. The predicted octanol–water partition coefficient (Wildman–Crippen LogP) is 2.45. The summed E-state index contributed by atoms with van der Waals surface area (Å²) in [5.41, 5.74) is 1.22. The Hall–Kier alpha value is -2.57. The van der Waals surface area contributed by atoms with E-state index in [0.29, 0.717) is 43.4 Å². The van der Waals surface area contributed by atoms with Gasteiger partial charge in [0.05, 0.1) is 17.5 Å². The number of carbonyl (C=O) groups excluding carboxylic acids is 1. The van der Waals surface area contributed by atoms with Crippen LogP contribution in [0.5, 0.6) is 0 Å². The smallest absolute Gasteiger partial charge is 0.409 e. The Balaban J connectivity index is 1.96. The standard InChI is InChI=1S/C20H27N3O4/c1-4-6-14-7-8-17-16(13-14)18(24)23(19(25)21(17)3)15-9-11-22(12-10-15)20(26)27-5-2/h7-8,13,15H,4-6,9-12H2,1-3H3. The van der Waals surface area contributed by atoms with Crippen LogP contribution >= 0.6 is 0 Å². The van der Waals surface area contributed by atoms with Gasteiger partial charge in [0.2, 0.25) is 0 Å². The fourth-order valence-corrected chi connectivity index (χ4v) is 3.82. The third kappa shape index (κ3) is 3.63. The molecule has 0 spiro atoms. The van der Waals surface area contributed by atoms with Gasteiger partial charge in [-0.1, -0.05) is 19.4 Å². The van der Waals surface area contributed by atoms with E-state index in [-0.39, 0.29) is 23.4 Å². The van der Waals surface area contributed by atoms with Crippen LogP contribution in [-0.4, -0.2) is 39.8 Å². The molecule has 0 atom stereocenters. The normalized spacial score (nSPS) is 15.3. The molecule has 2 heterocycles. The zero-order valence-electron chi connectivity index (χ0n) is 16.2. The molecule has 2 aromatic rings. The summed E-state index contributed by atoms with van der Waals surface area (Å²) in [6.45, 7) is 5.17. The molecule has 1 aromatic heterocycles. The average Bonchev–Trinajstić information content (AvgIpc) is 2.67. The van der Waals surface area contributed by atoms with E-state index in [1.807, 2.05) is 18.2 Å². The topological polar surface area (TPSA) is 73.5 Å². The average molecular weight is 373 g/mol. The molecule has 0 aliphatic carbocycles. The van der Waals surface area contributed by atoms with E-state index in [1.165, 1.54) is 4.57 Å². The van der Waals surface area contributed by atoms with Crippen LogP contribution in [-0.2, 0) is 18.2 Å². The van der Waals surface area contributed by atoms with Crippen molar-refractivity contribution < 1.29 is 9.53 Å². The van der Waals surface area contributed by atoms with Gasteiger partial charge >= 0.3 is 11.8 Å². The van der Waals surface area contributed by atoms with Crippen molar-refractivity contribution in [3.8, 4) is 0 Å². The number of hydrogen-bond acceptors (Lipinski definition) is 4. The van der Waals surface area contributed by atoms with Gasteiger partial charge in [0.1, 0.15) is 0 Å². The van der Waals surface area contributed by atoms with Crippen molar-refractivity contribution in [3.63, 3.8) is 0 Å². The summed E-state index contributed by atoms with van der Waals surface area (Å²) in [6, 6.07) is 5.54. The van der Waals surface area contributed by atoms with Gasteiger partial charge in [-0.3, -0.25) is 13.9 Å². The Kier molecular flexibility index (Phi) is 5.68. The van der Waals surface area contributed by atoms with Crippen molar-refractivity contribution in [1.82, 2.24) is 14.0 Å². The molecular formula is C20H27N3O4. The maximum absolute atomic E-state index is 13.1. The van der Waals surface area contributed by atoms with Gasteiger partial charge in [0, 0.05) is 26.2 Å². The first-order chi connectivity index (χ1) is 13.0. The molecule has 1 amide bonds. The van der Waals surface area contributed by atoms with Crippen LogP contribution in [0.1, 0.15) is 44.7 Å². The summed E-state index contributed by atoms with van der Waals surface area (Å²) >= 11 is 0. The SMILES string of the molecule is CCCc1ccc2c(c1)c(=O)n(C1CCN(C(=O)OCC)CC1)c(=O)n2C. The largest absolute Gasteiger partial charge is 0.450 e. The number of rotatable bonds is 4. The Labute approximate surface area is 158 Å². The molecule has 1 saturated heterocycles. The third-order valence-electron chi connectivity index (χ3n) is 5.26. The van der Waals surface area contributed by atoms with Crippen LogP contribution in [0.4, 0.5) is 4.79 Å². The molecule has 0 radical (unpaired) electrons. The number of piperidine rings is 1. The maximum Gasteiger partial charge on any atom is 0.409 e. The highest BCUT2D eigenvalue weighted by molar-refractivity contribution is 5.78. The van der Waals surface area contributed by atoms with Crippen LogP contribution < -0.4 is 11.2 Å². The van der Waals surface area contributed by atoms with Crippen molar-refractivity contribution in [2.45, 2.75) is 45.6 Å². The molecule has 7 heteroatoms. The molecular weight excluding hydrogens is 346 g/mol. The molecule has 0 unspecified atom stereocenters. The highest BCUT2D eigenvalue weighted by Crippen LogP contribution is 2.21. The van der Waals surface area contributed by atoms with Crippen LogP contribution in [0.15, 0.2) is 27.8 Å². The fourth-order valence-electron chi connectivity index (χ4n) is 3.82. The maximum atomic E-state index is 13.1.